The number of carbonyl (C=O) groups excluding carboxylic acids is 1. The van der Waals surface area contributed by atoms with E-state index in [4.69, 9.17) is 11.6 Å². The number of nitrogens with zero attached hydrogens (tertiary/aromatic N) is 2. The molecule has 0 aromatic heterocycles. The SMILES string of the molecule is CNC(=O)CN1CCN(Cc2ccc(F)cc2Cl)CC1. The van der Waals surface area contributed by atoms with E-state index in [2.05, 4.69) is 15.1 Å². The van der Waals surface area contributed by atoms with Gasteiger partial charge in [-0.1, -0.05) is 17.7 Å². The maximum atomic E-state index is 13.0. The minimum atomic E-state index is -0.311. The molecule has 1 aliphatic heterocycles. The lowest BCUT2D eigenvalue weighted by atomic mass is 10.2. The Balaban J connectivity index is 1.83. The Kier molecular flexibility index (Phi) is 5.34. The first-order valence-electron chi connectivity index (χ1n) is 6.67. The Morgan fingerprint density at radius 3 is 2.55 bits per heavy atom. The van der Waals surface area contributed by atoms with E-state index < -0.39 is 0 Å². The lowest BCUT2D eigenvalue weighted by Gasteiger charge is -2.34. The first-order chi connectivity index (χ1) is 9.58. The minimum Gasteiger partial charge on any atom is -0.358 e. The van der Waals surface area contributed by atoms with Crippen LogP contribution < -0.4 is 5.32 Å². The molecule has 0 radical (unpaired) electrons. The van der Waals surface area contributed by atoms with Gasteiger partial charge in [-0.3, -0.25) is 14.6 Å². The zero-order valence-corrected chi connectivity index (χ0v) is 12.3. The number of benzene rings is 1. The largest absolute Gasteiger partial charge is 0.358 e. The first kappa shape index (κ1) is 15.2. The predicted octanol–water partition coefficient (Wildman–Crippen LogP) is 1.34. The molecule has 1 heterocycles. The van der Waals surface area contributed by atoms with Crippen molar-refractivity contribution in [3.8, 4) is 0 Å². The zero-order chi connectivity index (χ0) is 14.5. The van der Waals surface area contributed by atoms with Crippen molar-refractivity contribution >= 4 is 17.5 Å². The Morgan fingerprint density at radius 2 is 1.95 bits per heavy atom. The fourth-order valence-corrected chi connectivity index (χ4v) is 2.51. The van der Waals surface area contributed by atoms with Crippen LogP contribution in [0.4, 0.5) is 4.39 Å². The van der Waals surface area contributed by atoms with E-state index >= 15 is 0 Å². The highest BCUT2D eigenvalue weighted by molar-refractivity contribution is 6.31. The van der Waals surface area contributed by atoms with E-state index in [1.165, 1.54) is 12.1 Å². The summed E-state index contributed by atoms with van der Waals surface area (Å²) in [5, 5.41) is 3.10. The molecular weight excluding hydrogens is 281 g/mol. The maximum Gasteiger partial charge on any atom is 0.233 e. The van der Waals surface area contributed by atoms with Crippen molar-refractivity contribution < 1.29 is 9.18 Å². The van der Waals surface area contributed by atoms with Gasteiger partial charge in [0.05, 0.1) is 6.54 Å². The van der Waals surface area contributed by atoms with Crippen LogP contribution in [0.3, 0.4) is 0 Å². The summed E-state index contributed by atoms with van der Waals surface area (Å²) in [5.41, 5.74) is 0.938. The fourth-order valence-electron chi connectivity index (χ4n) is 2.28. The molecule has 1 aromatic rings. The molecule has 1 N–H and O–H groups in total. The van der Waals surface area contributed by atoms with E-state index in [1.807, 2.05) is 0 Å². The molecule has 0 atom stereocenters. The van der Waals surface area contributed by atoms with Gasteiger partial charge in [-0.15, -0.1) is 0 Å². The van der Waals surface area contributed by atoms with Crippen LogP contribution in [0.1, 0.15) is 5.56 Å². The Hall–Kier alpha value is -1.17. The van der Waals surface area contributed by atoms with Gasteiger partial charge in [0.2, 0.25) is 5.91 Å². The van der Waals surface area contributed by atoms with Gasteiger partial charge >= 0.3 is 0 Å². The molecule has 110 valence electrons. The lowest BCUT2D eigenvalue weighted by molar-refractivity contribution is -0.122. The van der Waals surface area contributed by atoms with Gasteiger partial charge in [-0.25, -0.2) is 4.39 Å². The first-order valence-corrected chi connectivity index (χ1v) is 7.05. The number of amides is 1. The average Bonchev–Trinajstić information content (AvgIpc) is 2.44. The van der Waals surface area contributed by atoms with Crippen molar-refractivity contribution in [3.63, 3.8) is 0 Å². The number of likely N-dealkylation sites (N-methyl/N-ethyl adjacent to an activating group) is 1. The molecule has 6 heteroatoms. The molecule has 1 amide bonds. The monoisotopic (exact) mass is 299 g/mol. The van der Waals surface area contributed by atoms with E-state index in [0.717, 1.165) is 31.7 Å². The third kappa shape index (κ3) is 4.16. The van der Waals surface area contributed by atoms with Crippen molar-refractivity contribution in [1.29, 1.82) is 0 Å². The van der Waals surface area contributed by atoms with Crippen LogP contribution in [-0.2, 0) is 11.3 Å². The van der Waals surface area contributed by atoms with Crippen molar-refractivity contribution in [2.24, 2.45) is 0 Å². The summed E-state index contributed by atoms with van der Waals surface area (Å²) in [6.07, 6.45) is 0. The number of rotatable bonds is 4. The van der Waals surface area contributed by atoms with Crippen LogP contribution in [0.15, 0.2) is 18.2 Å². The van der Waals surface area contributed by atoms with Gasteiger partial charge in [0.1, 0.15) is 5.82 Å². The molecule has 1 aliphatic rings. The van der Waals surface area contributed by atoms with E-state index in [9.17, 15) is 9.18 Å². The number of hydrogen-bond donors (Lipinski definition) is 1. The van der Waals surface area contributed by atoms with E-state index in [1.54, 1.807) is 13.1 Å². The number of carbonyl (C=O) groups is 1. The van der Waals surface area contributed by atoms with Crippen molar-refractivity contribution in [3.05, 3.63) is 34.6 Å². The summed E-state index contributed by atoms with van der Waals surface area (Å²) in [6.45, 7) is 4.63. The summed E-state index contributed by atoms with van der Waals surface area (Å²) >= 11 is 6.04. The highest BCUT2D eigenvalue weighted by Crippen LogP contribution is 2.19. The number of halogens is 2. The molecule has 1 saturated heterocycles. The minimum absolute atomic E-state index is 0.0417. The van der Waals surface area contributed by atoms with Crippen LogP contribution in [0.5, 0.6) is 0 Å². The number of piperazine rings is 1. The number of hydrogen-bond acceptors (Lipinski definition) is 3. The molecule has 0 aliphatic carbocycles. The summed E-state index contributed by atoms with van der Waals surface area (Å²) in [7, 11) is 1.65. The Bertz CT molecular complexity index is 475. The molecule has 20 heavy (non-hydrogen) atoms. The Labute approximate surface area is 123 Å². The smallest absolute Gasteiger partial charge is 0.233 e. The van der Waals surface area contributed by atoms with Gasteiger partial charge in [0, 0.05) is 44.8 Å². The van der Waals surface area contributed by atoms with Crippen molar-refractivity contribution in [2.45, 2.75) is 6.54 Å². The van der Waals surface area contributed by atoms with Gasteiger partial charge in [-0.05, 0) is 17.7 Å². The second-order valence-electron chi connectivity index (χ2n) is 4.96. The van der Waals surface area contributed by atoms with Gasteiger partial charge in [0.25, 0.3) is 0 Å². The molecular formula is C14H19ClFN3O. The van der Waals surface area contributed by atoms with Crippen LogP contribution in [-0.4, -0.2) is 55.5 Å². The predicted molar refractivity (Wildman–Crippen MR) is 77.2 cm³/mol. The highest BCUT2D eigenvalue weighted by Gasteiger charge is 2.19. The summed E-state index contributed by atoms with van der Waals surface area (Å²) in [6, 6.07) is 4.51. The van der Waals surface area contributed by atoms with Gasteiger partial charge < -0.3 is 5.32 Å². The summed E-state index contributed by atoms with van der Waals surface area (Å²) < 4.78 is 13.0. The normalized spacial score (nSPS) is 17.1. The van der Waals surface area contributed by atoms with Crippen LogP contribution in [0, 0.1) is 5.82 Å². The summed E-state index contributed by atoms with van der Waals surface area (Å²) in [4.78, 5) is 15.7. The maximum absolute atomic E-state index is 13.0. The molecule has 0 unspecified atom stereocenters. The van der Waals surface area contributed by atoms with Crippen molar-refractivity contribution in [2.75, 3.05) is 39.8 Å². The standard InChI is InChI=1S/C14H19ClFN3O/c1-17-14(20)10-19-6-4-18(5-7-19)9-11-2-3-12(16)8-13(11)15/h2-3,8H,4-7,9-10H2,1H3,(H,17,20). The van der Waals surface area contributed by atoms with Crippen LogP contribution in [0.2, 0.25) is 5.02 Å². The third-order valence-electron chi connectivity index (χ3n) is 3.52. The van der Waals surface area contributed by atoms with E-state index in [-0.39, 0.29) is 11.7 Å². The second kappa shape index (κ2) is 7.02. The molecule has 1 aromatic carbocycles. The third-order valence-corrected chi connectivity index (χ3v) is 3.87. The molecule has 1 fully saturated rings. The van der Waals surface area contributed by atoms with Gasteiger partial charge in [-0.2, -0.15) is 0 Å². The highest BCUT2D eigenvalue weighted by atomic mass is 35.5. The van der Waals surface area contributed by atoms with E-state index in [0.29, 0.717) is 18.1 Å². The quantitative estimate of drug-likeness (QED) is 0.911. The molecule has 0 spiro atoms. The average molecular weight is 300 g/mol. The molecule has 2 rings (SSSR count). The molecule has 0 saturated carbocycles. The van der Waals surface area contributed by atoms with Gasteiger partial charge in [0.15, 0.2) is 0 Å². The Morgan fingerprint density at radius 1 is 1.30 bits per heavy atom. The number of nitrogens with one attached hydrogen (secondary N) is 1. The summed E-state index contributed by atoms with van der Waals surface area (Å²) in [5.74, 6) is -0.269. The van der Waals surface area contributed by atoms with Crippen molar-refractivity contribution in [1.82, 2.24) is 15.1 Å². The molecule has 0 bridgehead atoms. The zero-order valence-electron chi connectivity index (χ0n) is 11.5. The van der Waals surface area contributed by atoms with Crippen LogP contribution in [0.25, 0.3) is 0 Å². The lowest BCUT2D eigenvalue weighted by Crippen LogP contribution is -2.48. The van der Waals surface area contributed by atoms with Crippen LogP contribution >= 0.6 is 11.6 Å². The molecule has 4 nitrogen and oxygen atoms in total. The topological polar surface area (TPSA) is 35.6 Å². The second-order valence-corrected chi connectivity index (χ2v) is 5.37. The fraction of sp³-hybridized carbons (Fsp3) is 0.500.